The van der Waals surface area contributed by atoms with Crippen LogP contribution in [0.25, 0.3) is 0 Å². The third-order valence-corrected chi connectivity index (χ3v) is 8.67. The number of esters is 1. The van der Waals surface area contributed by atoms with Crippen molar-refractivity contribution in [2.75, 3.05) is 40.6 Å². The van der Waals surface area contributed by atoms with Gasteiger partial charge in [0.25, 0.3) is 0 Å². The number of hydrogen-bond acceptors (Lipinski definition) is 9. The van der Waals surface area contributed by atoms with Gasteiger partial charge in [-0.05, 0) is 50.3 Å². The van der Waals surface area contributed by atoms with Gasteiger partial charge in [-0.1, -0.05) is 75.7 Å². The molecule has 0 aromatic heterocycles. The van der Waals surface area contributed by atoms with Crippen LogP contribution in [-0.2, 0) is 39.8 Å². The van der Waals surface area contributed by atoms with E-state index < -0.39 is 47.8 Å². The van der Waals surface area contributed by atoms with Crippen LogP contribution in [0, 0.1) is 17.8 Å². The number of unbranched alkanes of at least 4 members (excludes halogenated alkanes) is 8. The van der Waals surface area contributed by atoms with Gasteiger partial charge in [0.2, 0.25) is 5.91 Å². The van der Waals surface area contributed by atoms with Crippen LogP contribution in [0.1, 0.15) is 96.5 Å². The summed E-state index contributed by atoms with van der Waals surface area (Å²) in [5, 5.41) is 23.7. The first kappa shape index (κ1) is 41.7. The smallest absolute Gasteiger partial charge is 0.339 e. The van der Waals surface area contributed by atoms with E-state index in [1.54, 1.807) is 37.3 Å². The number of nitrogens with one attached hydrogen (secondary N) is 1. The van der Waals surface area contributed by atoms with E-state index in [2.05, 4.69) is 24.1 Å². The summed E-state index contributed by atoms with van der Waals surface area (Å²) in [4.78, 5) is 38.5. The summed E-state index contributed by atoms with van der Waals surface area (Å²) in [5.74, 6) is 0.977. The lowest BCUT2D eigenvalue weighted by Gasteiger charge is -2.30. The first-order valence-electron chi connectivity index (χ1n) is 17.5. The summed E-state index contributed by atoms with van der Waals surface area (Å²) in [5.41, 5.74) is -1.87. The van der Waals surface area contributed by atoms with Crippen molar-refractivity contribution >= 4 is 17.8 Å². The predicted molar refractivity (Wildman–Crippen MR) is 186 cm³/mol. The minimum atomic E-state index is -2.57. The zero-order valence-corrected chi connectivity index (χ0v) is 29.8. The Labute approximate surface area is 292 Å². The molecule has 0 radical (unpaired) electrons. The second-order valence-corrected chi connectivity index (χ2v) is 12.4. The van der Waals surface area contributed by atoms with Crippen molar-refractivity contribution < 1.29 is 48.3 Å². The molecule has 1 fully saturated rings. The first-order chi connectivity index (χ1) is 23.6. The predicted octanol–water partition coefficient (Wildman–Crippen LogP) is 5.37. The van der Waals surface area contributed by atoms with Crippen LogP contribution < -0.4 is 10.1 Å². The van der Waals surface area contributed by atoms with E-state index in [-0.39, 0.29) is 13.0 Å². The van der Waals surface area contributed by atoms with Crippen LogP contribution in [0.5, 0.6) is 5.75 Å². The molecule has 1 heterocycles. The molecule has 11 nitrogen and oxygen atoms in total. The van der Waals surface area contributed by atoms with Gasteiger partial charge in [0.05, 0.1) is 32.8 Å². The first-order valence-corrected chi connectivity index (χ1v) is 17.5. The van der Waals surface area contributed by atoms with Crippen LogP contribution >= 0.6 is 0 Å². The summed E-state index contributed by atoms with van der Waals surface area (Å²) in [6.45, 7) is 4.81. The van der Waals surface area contributed by atoms with Crippen LogP contribution in [0.15, 0.2) is 36.4 Å². The quantitative estimate of drug-likeness (QED) is 0.0530. The van der Waals surface area contributed by atoms with E-state index >= 15 is 0 Å². The molecule has 11 heteroatoms. The minimum absolute atomic E-state index is 0.0654. The molecular weight excluding hydrogens is 630 g/mol. The number of aliphatic carboxylic acids is 1. The molecule has 0 aliphatic carbocycles. The molecular formula is C38H57NO10. The number of ether oxygens (including phenoxy) is 5. The Morgan fingerprint density at radius 2 is 1.63 bits per heavy atom. The van der Waals surface area contributed by atoms with E-state index in [1.165, 1.54) is 46.0 Å². The van der Waals surface area contributed by atoms with E-state index in [0.29, 0.717) is 30.9 Å². The highest BCUT2D eigenvalue weighted by Gasteiger charge is 2.48. The summed E-state index contributed by atoms with van der Waals surface area (Å²) >= 11 is 0. The van der Waals surface area contributed by atoms with Gasteiger partial charge in [0.1, 0.15) is 18.4 Å². The number of allylic oxidation sites excluding steroid dienone is 1. The Bertz CT molecular complexity index is 1220. The number of methoxy groups -OCH3 is 2. The van der Waals surface area contributed by atoms with Gasteiger partial charge < -0.3 is 39.2 Å². The van der Waals surface area contributed by atoms with Crippen molar-refractivity contribution in [1.29, 1.82) is 0 Å². The number of carboxylic acids is 1. The molecule has 1 saturated heterocycles. The maximum atomic E-state index is 13.6. The van der Waals surface area contributed by atoms with Crippen molar-refractivity contribution in [2.24, 2.45) is 5.92 Å². The van der Waals surface area contributed by atoms with Crippen LogP contribution in [0.4, 0.5) is 0 Å². The lowest BCUT2D eigenvalue weighted by molar-refractivity contribution is -0.173. The van der Waals surface area contributed by atoms with Crippen molar-refractivity contribution in [3.63, 3.8) is 0 Å². The molecule has 0 spiro atoms. The van der Waals surface area contributed by atoms with Crippen LogP contribution in [-0.4, -0.2) is 86.1 Å². The molecule has 1 aliphatic heterocycles. The lowest BCUT2D eigenvalue weighted by atomic mass is 9.86. The monoisotopic (exact) mass is 687 g/mol. The van der Waals surface area contributed by atoms with Gasteiger partial charge in [-0.25, -0.2) is 9.59 Å². The molecule has 1 aromatic rings. The average Bonchev–Trinajstić information content (AvgIpc) is 3.56. The summed E-state index contributed by atoms with van der Waals surface area (Å²) in [6, 6.07) is 5.79. The highest BCUT2D eigenvalue weighted by Crippen LogP contribution is 2.32. The SMILES string of the molecule is CC#CCOc1ccc(C[C@H](NC(=O)[C@@H](/C=C/CCCCCCC2(CCCCCCC)OCCO2)[C@@](O)(COC)C(=O)O)C(=O)OC)cc1. The number of carbonyl (C=O) groups excluding carboxylic acids is 2. The standard InChI is InChI=1S/C38H57NO10/c1-5-7-9-13-16-23-37(48-26-27-49-37)24-17-14-11-10-12-15-18-32(38(44,29-45-3)36(42)43)34(40)39-33(35(41)46-4)28-30-19-21-31(22-20-30)47-25-8-6-2/h15,18-22,32-33,44H,5,7,9-14,16-17,23-29H2,1-4H3,(H,39,40)(H,42,43)/b18-15+/t32-,33+,38+/m1/s1. The number of carboxylic acid groups (broad SMARTS) is 1. The molecule has 2 rings (SSSR count). The van der Waals surface area contributed by atoms with Gasteiger partial charge in [0.15, 0.2) is 11.4 Å². The van der Waals surface area contributed by atoms with Crippen molar-refractivity contribution in [3.8, 4) is 17.6 Å². The van der Waals surface area contributed by atoms with E-state index in [1.807, 2.05) is 0 Å². The minimum Gasteiger partial charge on any atom is -0.481 e. The third-order valence-electron chi connectivity index (χ3n) is 8.67. The van der Waals surface area contributed by atoms with E-state index in [4.69, 9.17) is 23.7 Å². The molecule has 0 saturated carbocycles. The summed E-state index contributed by atoms with van der Waals surface area (Å²) < 4.78 is 27.5. The molecule has 49 heavy (non-hydrogen) atoms. The number of amides is 1. The molecule has 274 valence electrons. The fraction of sp³-hybridized carbons (Fsp3) is 0.658. The van der Waals surface area contributed by atoms with Gasteiger partial charge >= 0.3 is 11.9 Å². The molecule has 1 amide bonds. The number of hydrogen-bond donors (Lipinski definition) is 3. The van der Waals surface area contributed by atoms with E-state index in [9.17, 15) is 24.6 Å². The Kier molecular flexibility index (Phi) is 19.6. The van der Waals surface area contributed by atoms with Crippen molar-refractivity contribution in [2.45, 2.75) is 115 Å². The van der Waals surface area contributed by atoms with Crippen LogP contribution in [0.3, 0.4) is 0 Å². The Balaban J connectivity index is 2.00. The largest absolute Gasteiger partial charge is 0.481 e. The van der Waals surface area contributed by atoms with Crippen LogP contribution in [0.2, 0.25) is 0 Å². The topological polar surface area (TPSA) is 150 Å². The second kappa shape index (κ2) is 23.1. The fourth-order valence-corrected chi connectivity index (χ4v) is 5.87. The molecule has 3 N–H and O–H groups in total. The van der Waals surface area contributed by atoms with Crippen molar-refractivity contribution in [3.05, 3.63) is 42.0 Å². The summed E-state index contributed by atoms with van der Waals surface area (Å²) in [6.07, 6.45) is 15.2. The number of carbonyl (C=O) groups is 3. The third kappa shape index (κ3) is 14.5. The van der Waals surface area contributed by atoms with Gasteiger partial charge in [-0.3, -0.25) is 4.79 Å². The highest BCUT2D eigenvalue weighted by atomic mass is 16.7. The van der Waals surface area contributed by atoms with E-state index in [0.717, 1.165) is 44.9 Å². The molecule has 1 aliphatic rings. The number of aliphatic hydroxyl groups is 1. The van der Waals surface area contributed by atoms with Gasteiger partial charge in [0, 0.05) is 26.4 Å². The average molecular weight is 688 g/mol. The van der Waals surface area contributed by atoms with Gasteiger partial charge in [-0.15, -0.1) is 5.92 Å². The Morgan fingerprint density at radius 3 is 2.20 bits per heavy atom. The highest BCUT2D eigenvalue weighted by molar-refractivity contribution is 5.93. The zero-order valence-electron chi connectivity index (χ0n) is 29.8. The molecule has 0 unspecified atom stereocenters. The maximum Gasteiger partial charge on any atom is 0.339 e. The number of benzene rings is 1. The lowest BCUT2D eigenvalue weighted by Crippen LogP contribution is -2.56. The zero-order chi connectivity index (χ0) is 36.0. The maximum absolute atomic E-state index is 13.6. The second-order valence-electron chi connectivity index (χ2n) is 12.4. The Morgan fingerprint density at radius 1 is 1.00 bits per heavy atom. The van der Waals surface area contributed by atoms with Gasteiger partial charge in [-0.2, -0.15) is 0 Å². The Hall–Kier alpha value is -3.43. The molecule has 0 bridgehead atoms. The van der Waals surface area contributed by atoms with Crippen molar-refractivity contribution in [1.82, 2.24) is 5.32 Å². The fourth-order valence-electron chi connectivity index (χ4n) is 5.87. The molecule has 3 atom stereocenters. The summed E-state index contributed by atoms with van der Waals surface area (Å²) in [7, 11) is 2.44. The number of rotatable bonds is 25. The molecule has 1 aromatic carbocycles. The normalized spacial score (nSPS) is 16.3.